The smallest absolute Gasteiger partial charge is 0.0320 e. The fraction of sp³-hybridized carbons (Fsp3) is 0.571. The number of rotatable bonds is 6. The fourth-order valence-electron chi connectivity index (χ4n) is 1.95. The van der Waals surface area contributed by atoms with Crippen molar-refractivity contribution in [2.24, 2.45) is 5.92 Å². The maximum atomic E-state index is 3.70. The molecule has 0 aromatic heterocycles. The molecule has 2 fully saturated rings. The van der Waals surface area contributed by atoms with Crippen LogP contribution in [0.1, 0.15) is 32.6 Å². The van der Waals surface area contributed by atoms with E-state index in [1.54, 1.807) is 11.1 Å². The van der Waals surface area contributed by atoms with Crippen molar-refractivity contribution in [2.75, 3.05) is 6.54 Å². The molecule has 0 amide bonds. The second kappa shape index (κ2) is 4.80. The average molecular weight is 203 g/mol. The minimum Gasteiger partial charge on any atom is -0.306 e. The molecule has 15 heavy (non-hydrogen) atoms. The van der Waals surface area contributed by atoms with Gasteiger partial charge in [-0.3, -0.25) is 0 Å². The number of hydrogen-bond acceptors (Lipinski definition) is 1. The lowest BCUT2D eigenvalue weighted by atomic mass is 10.2. The predicted molar refractivity (Wildman–Crippen MR) is 65.8 cm³/mol. The van der Waals surface area contributed by atoms with E-state index in [0.29, 0.717) is 6.04 Å². The predicted octanol–water partition coefficient (Wildman–Crippen LogP) is 3.21. The zero-order valence-corrected chi connectivity index (χ0v) is 9.63. The molecule has 2 atom stereocenters. The third-order valence-electron chi connectivity index (χ3n) is 3.23. The van der Waals surface area contributed by atoms with Crippen molar-refractivity contribution in [1.29, 1.82) is 0 Å². The van der Waals surface area contributed by atoms with Gasteiger partial charge in [-0.15, -0.1) is 6.58 Å². The summed E-state index contributed by atoms with van der Waals surface area (Å²) in [6, 6.07) is 0.663. The molecule has 2 rings (SSSR count). The Bertz CT molecular complexity index is 298. The number of hydrogen-bond donors (Lipinski definition) is 1. The van der Waals surface area contributed by atoms with E-state index < -0.39 is 0 Å². The summed E-state index contributed by atoms with van der Waals surface area (Å²) in [5.41, 5.74) is 3.27. The molecule has 0 aliphatic heterocycles. The van der Waals surface area contributed by atoms with E-state index in [1.165, 1.54) is 25.7 Å². The van der Waals surface area contributed by atoms with E-state index in [0.717, 1.165) is 12.5 Å². The molecule has 82 valence electrons. The van der Waals surface area contributed by atoms with Crippen LogP contribution in [0.2, 0.25) is 0 Å². The molecule has 1 unspecified atom stereocenters. The Labute approximate surface area is 93.0 Å². The summed E-state index contributed by atoms with van der Waals surface area (Å²) in [6.45, 7) is 6.94. The van der Waals surface area contributed by atoms with E-state index in [2.05, 4.69) is 31.0 Å². The summed E-state index contributed by atoms with van der Waals surface area (Å²) in [4.78, 5) is 0. The van der Waals surface area contributed by atoms with Crippen LogP contribution in [0.5, 0.6) is 0 Å². The van der Waals surface area contributed by atoms with Crippen molar-refractivity contribution in [3.8, 4) is 0 Å². The molecular weight excluding hydrogens is 182 g/mol. The first-order valence-electron chi connectivity index (χ1n) is 6.03. The van der Waals surface area contributed by atoms with Gasteiger partial charge in [0, 0.05) is 12.6 Å². The highest BCUT2D eigenvalue weighted by Crippen LogP contribution is 2.37. The Kier molecular flexibility index (Phi) is 3.42. The summed E-state index contributed by atoms with van der Waals surface area (Å²) in [6.07, 6.45) is 11.8. The van der Waals surface area contributed by atoms with Crippen LogP contribution in [0, 0.1) is 5.92 Å². The lowest BCUT2D eigenvalue weighted by molar-refractivity contribution is 0.770. The standard InChI is InChI=1S/C14H21N/c1-3-8-15-14-10-13(14)7-5-4-6-12-9-11(12)2/h3,6-7,11,14-15H,1,4-5,8-10H2,2H3/b12-6+,13-7-/t11-,14?/m1/s1. The molecule has 1 N–H and O–H groups in total. The molecule has 0 spiro atoms. The average Bonchev–Trinajstić information content (AvgIpc) is 3.10. The van der Waals surface area contributed by atoms with Crippen molar-refractivity contribution in [2.45, 2.75) is 38.6 Å². The Hall–Kier alpha value is -0.820. The van der Waals surface area contributed by atoms with Crippen LogP contribution in [0.15, 0.2) is 36.0 Å². The molecule has 2 aliphatic carbocycles. The van der Waals surface area contributed by atoms with Crippen molar-refractivity contribution in [1.82, 2.24) is 5.32 Å². The lowest BCUT2D eigenvalue weighted by Crippen LogP contribution is -2.15. The molecule has 0 bridgehead atoms. The highest BCUT2D eigenvalue weighted by atomic mass is 14.9. The van der Waals surface area contributed by atoms with Gasteiger partial charge in [-0.1, -0.05) is 36.3 Å². The minimum atomic E-state index is 0.663. The number of nitrogens with one attached hydrogen (secondary N) is 1. The number of unbranched alkanes of at least 4 members (excludes halogenated alkanes) is 1. The van der Waals surface area contributed by atoms with E-state index in [4.69, 9.17) is 0 Å². The molecule has 2 aliphatic rings. The lowest BCUT2D eigenvalue weighted by Gasteiger charge is -1.93. The van der Waals surface area contributed by atoms with Crippen LogP contribution < -0.4 is 5.32 Å². The monoisotopic (exact) mass is 203 g/mol. The molecule has 0 heterocycles. The first-order chi connectivity index (χ1) is 7.31. The van der Waals surface area contributed by atoms with Crippen LogP contribution in [-0.4, -0.2) is 12.6 Å². The zero-order chi connectivity index (χ0) is 10.7. The van der Waals surface area contributed by atoms with Gasteiger partial charge in [-0.25, -0.2) is 0 Å². The molecule has 0 aromatic rings. The first-order valence-corrected chi connectivity index (χ1v) is 6.03. The normalized spacial score (nSPS) is 33.4. The summed E-state index contributed by atoms with van der Waals surface area (Å²) >= 11 is 0. The summed E-state index contributed by atoms with van der Waals surface area (Å²) < 4.78 is 0. The topological polar surface area (TPSA) is 12.0 Å². The quantitative estimate of drug-likeness (QED) is 0.516. The SMILES string of the molecule is C=CCNC1C/C1=C/CC/C=C1\C[C@H]1C. The summed E-state index contributed by atoms with van der Waals surface area (Å²) in [5.74, 6) is 0.889. The Morgan fingerprint density at radius 3 is 2.53 bits per heavy atom. The van der Waals surface area contributed by atoms with Gasteiger partial charge < -0.3 is 5.32 Å². The summed E-state index contributed by atoms with van der Waals surface area (Å²) in [5, 5.41) is 3.42. The first kappa shape index (κ1) is 10.7. The molecule has 0 aromatic carbocycles. The third kappa shape index (κ3) is 3.35. The van der Waals surface area contributed by atoms with Crippen molar-refractivity contribution >= 4 is 0 Å². The van der Waals surface area contributed by atoms with Crippen LogP contribution >= 0.6 is 0 Å². The second-order valence-corrected chi connectivity index (χ2v) is 4.69. The maximum absolute atomic E-state index is 3.70. The van der Waals surface area contributed by atoms with E-state index in [1.807, 2.05) is 6.08 Å². The zero-order valence-electron chi connectivity index (χ0n) is 9.63. The van der Waals surface area contributed by atoms with Gasteiger partial charge >= 0.3 is 0 Å². The second-order valence-electron chi connectivity index (χ2n) is 4.69. The van der Waals surface area contributed by atoms with Gasteiger partial charge in [0.2, 0.25) is 0 Å². The molecule has 1 nitrogen and oxygen atoms in total. The minimum absolute atomic E-state index is 0.663. The van der Waals surface area contributed by atoms with Crippen molar-refractivity contribution in [3.63, 3.8) is 0 Å². The van der Waals surface area contributed by atoms with Gasteiger partial charge in [-0.05, 0) is 31.6 Å². The van der Waals surface area contributed by atoms with Gasteiger partial charge in [0.05, 0.1) is 0 Å². The fourth-order valence-corrected chi connectivity index (χ4v) is 1.95. The largest absolute Gasteiger partial charge is 0.306 e. The molecule has 2 saturated carbocycles. The molecule has 0 radical (unpaired) electrons. The highest BCUT2D eigenvalue weighted by molar-refractivity contribution is 5.29. The van der Waals surface area contributed by atoms with Gasteiger partial charge in [0.25, 0.3) is 0 Å². The van der Waals surface area contributed by atoms with Crippen LogP contribution in [0.25, 0.3) is 0 Å². The Balaban J connectivity index is 1.58. The van der Waals surface area contributed by atoms with E-state index >= 15 is 0 Å². The Morgan fingerprint density at radius 2 is 1.93 bits per heavy atom. The number of allylic oxidation sites excluding steroid dienone is 3. The highest BCUT2D eigenvalue weighted by Gasteiger charge is 2.27. The maximum Gasteiger partial charge on any atom is 0.0320 e. The van der Waals surface area contributed by atoms with E-state index in [-0.39, 0.29) is 0 Å². The van der Waals surface area contributed by atoms with Gasteiger partial charge in [0.15, 0.2) is 0 Å². The van der Waals surface area contributed by atoms with Gasteiger partial charge in [0.1, 0.15) is 0 Å². The van der Waals surface area contributed by atoms with Crippen molar-refractivity contribution < 1.29 is 0 Å². The Morgan fingerprint density at radius 1 is 1.27 bits per heavy atom. The van der Waals surface area contributed by atoms with Crippen LogP contribution in [0.3, 0.4) is 0 Å². The molecule has 1 heteroatoms. The van der Waals surface area contributed by atoms with Gasteiger partial charge in [-0.2, -0.15) is 0 Å². The van der Waals surface area contributed by atoms with Crippen LogP contribution in [-0.2, 0) is 0 Å². The van der Waals surface area contributed by atoms with Crippen LogP contribution in [0.4, 0.5) is 0 Å². The van der Waals surface area contributed by atoms with E-state index in [9.17, 15) is 0 Å². The molecule has 0 saturated heterocycles. The third-order valence-corrected chi connectivity index (χ3v) is 3.23. The summed E-state index contributed by atoms with van der Waals surface area (Å²) in [7, 11) is 0. The van der Waals surface area contributed by atoms with Crippen molar-refractivity contribution in [3.05, 3.63) is 36.0 Å². The molecular formula is C14H21N.